The van der Waals surface area contributed by atoms with Crippen molar-refractivity contribution in [1.82, 2.24) is 38.6 Å². The van der Waals surface area contributed by atoms with E-state index in [-0.39, 0.29) is 24.2 Å². The predicted octanol–water partition coefficient (Wildman–Crippen LogP) is 8.97. The molecule has 1 aliphatic heterocycles. The van der Waals surface area contributed by atoms with Crippen LogP contribution in [0, 0.1) is 0 Å². The first kappa shape index (κ1) is 67.0. The molecule has 0 aliphatic carbocycles. The van der Waals surface area contributed by atoms with Crippen molar-refractivity contribution in [3.63, 3.8) is 0 Å². The highest BCUT2D eigenvalue weighted by molar-refractivity contribution is 6.62. The molecule has 0 atom stereocenters. The number of hydrogen-bond donors (Lipinski definition) is 1. The Labute approximate surface area is 504 Å². The molecule has 0 saturated carbocycles. The normalized spacial score (nSPS) is 13.5. The molecule has 4 aromatic heterocycles. The molecule has 22 nitrogen and oxygen atoms in total. The smallest absolute Gasteiger partial charge is 0.495 e. The Morgan fingerprint density at radius 2 is 0.953 bits per heavy atom. The van der Waals surface area contributed by atoms with Gasteiger partial charge in [0.1, 0.15) is 56.7 Å². The molecule has 3 aromatic carbocycles. The van der Waals surface area contributed by atoms with Crippen LogP contribution in [0.4, 0.5) is 9.59 Å². The Kier molecular flexibility index (Phi) is 20.7. The summed E-state index contributed by atoms with van der Waals surface area (Å²) in [5, 5.41) is 9.04. The number of pyridine rings is 2. The molecule has 466 valence electrons. The van der Waals surface area contributed by atoms with Crippen LogP contribution >= 0.6 is 0 Å². The van der Waals surface area contributed by atoms with E-state index in [4.69, 9.17) is 47.2 Å². The number of methoxy groups -OCH3 is 6. The molecule has 1 fully saturated rings. The molecule has 7 aromatic rings. The van der Waals surface area contributed by atoms with E-state index >= 15 is 0 Å². The summed E-state index contributed by atoms with van der Waals surface area (Å²) in [6, 6.07) is 13.4. The number of hydrogen-bond acceptors (Lipinski definition) is 16. The zero-order chi connectivity index (χ0) is 64.1. The fraction of sp³-hybridized carbons (Fsp3) is 0.476. The van der Waals surface area contributed by atoms with Crippen LogP contribution in [-0.4, -0.2) is 139 Å². The summed E-state index contributed by atoms with van der Waals surface area (Å²) >= 11 is 0. The molecular weight excluding hydrogens is 1100 g/mol. The standard InChI is InChI=1S/C23H30N4O5.C21H34BNO6.C19H23N3O3/c1-23(2,3)32-22(29)26(5)13-17-18(30-7)9-14(10-19(17)31-8)16-12-25(4)21(28)20-15(16)11-24-27(20)6;1-19(2,3)27-18(24)23(8)13-15-16(25-9)11-14(12-17(15)26-10)22-28-20(4,5)21(6,7)29-22;1-20-10-14-16(24-4)8-12(9-17(14)25-5)15-11-22(3)19(23)18-13(15)6-7-21(18)2/h9-12H,13H2,1-8H3;11-12H,13H2,1-10H3;6-9,11,20H,10H2,1-5H3. The molecule has 0 spiro atoms. The van der Waals surface area contributed by atoms with Gasteiger partial charge in [0, 0.05) is 94.9 Å². The first-order chi connectivity index (χ1) is 40.2. The van der Waals surface area contributed by atoms with E-state index in [2.05, 4.69) is 10.4 Å². The Balaban J connectivity index is 0.000000208. The molecular formula is C63H87BN8O14. The monoisotopic (exact) mass is 1190 g/mol. The van der Waals surface area contributed by atoms with Crippen LogP contribution in [0.2, 0.25) is 0 Å². The predicted molar refractivity (Wildman–Crippen MR) is 335 cm³/mol. The van der Waals surface area contributed by atoms with E-state index in [0.29, 0.717) is 46.1 Å². The van der Waals surface area contributed by atoms with Gasteiger partial charge in [-0.2, -0.15) is 5.10 Å². The maximum absolute atomic E-state index is 12.6. The summed E-state index contributed by atoms with van der Waals surface area (Å²) < 4.78 is 63.4. The van der Waals surface area contributed by atoms with Crippen molar-refractivity contribution in [3.8, 4) is 56.8 Å². The van der Waals surface area contributed by atoms with E-state index in [1.54, 1.807) is 99.5 Å². The Morgan fingerprint density at radius 1 is 0.581 bits per heavy atom. The molecule has 1 N–H and O–H groups in total. The van der Waals surface area contributed by atoms with Gasteiger partial charge in [-0.3, -0.25) is 14.3 Å². The van der Waals surface area contributed by atoms with Crippen LogP contribution in [0.1, 0.15) is 85.9 Å². The van der Waals surface area contributed by atoms with Crippen molar-refractivity contribution in [2.75, 3.05) is 63.8 Å². The summed E-state index contributed by atoms with van der Waals surface area (Å²) in [4.78, 5) is 52.8. The number of aryl methyl sites for hydroxylation is 4. The van der Waals surface area contributed by atoms with Gasteiger partial charge < -0.3 is 76.0 Å². The number of nitrogens with one attached hydrogen (secondary N) is 1. The molecule has 2 amide bonds. The molecule has 0 radical (unpaired) electrons. The Morgan fingerprint density at radius 3 is 1.34 bits per heavy atom. The van der Waals surface area contributed by atoms with Gasteiger partial charge in [0.05, 0.1) is 84.3 Å². The van der Waals surface area contributed by atoms with Gasteiger partial charge in [0.2, 0.25) is 0 Å². The van der Waals surface area contributed by atoms with E-state index in [9.17, 15) is 19.2 Å². The number of rotatable bonds is 15. The summed E-state index contributed by atoms with van der Waals surface area (Å²) in [6.45, 7) is 20.1. The van der Waals surface area contributed by atoms with Crippen molar-refractivity contribution in [2.45, 2.75) is 111 Å². The lowest BCUT2D eigenvalue weighted by atomic mass is 9.78. The third kappa shape index (κ3) is 14.7. The summed E-state index contributed by atoms with van der Waals surface area (Å²) in [7, 11) is 21.4. The second-order valence-corrected chi connectivity index (χ2v) is 24.1. The van der Waals surface area contributed by atoms with Crippen LogP contribution < -0.4 is 50.3 Å². The van der Waals surface area contributed by atoms with Gasteiger partial charge in [-0.05, 0) is 135 Å². The zero-order valence-corrected chi connectivity index (χ0v) is 54.4. The molecule has 1 aliphatic rings. The number of amides is 2. The number of nitrogens with zero attached hydrogens (tertiary/aromatic N) is 7. The van der Waals surface area contributed by atoms with Crippen LogP contribution in [0.25, 0.3) is 44.1 Å². The van der Waals surface area contributed by atoms with Gasteiger partial charge in [0.25, 0.3) is 11.1 Å². The highest BCUT2D eigenvalue weighted by atomic mass is 16.7. The Bertz CT molecular complexity index is 3630. The van der Waals surface area contributed by atoms with Gasteiger partial charge >= 0.3 is 19.3 Å². The van der Waals surface area contributed by atoms with Crippen LogP contribution in [0.15, 0.2) is 76.8 Å². The highest BCUT2D eigenvalue weighted by Crippen LogP contribution is 2.41. The zero-order valence-electron chi connectivity index (χ0n) is 54.4. The van der Waals surface area contributed by atoms with E-state index < -0.39 is 41.7 Å². The minimum Gasteiger partial charge on any atom is -0.496 e. The summed E-state index contributed by atoms with van der Waals surface area (Å²) in [5.41, 5.74) is 5.71. The SMILES string of the molecule is CNCc1c(OC)cc(-c2cn(C)c(=O)c3c2ccn3C)cc1OC.COc1cc(-c2cn(C)c(=O)c3c2cnn3C)cc(OC)c1CN(C)C(=O)OC(C)(C)C.COc1cc(B2OC(C)(C)C(C)(C)O2)cc(OC)c1CN(C)C(=O)OC(C)(C)C. The van der Waals surface area contributed by atoms with Crippen molar-refractivity contribution >= 4 is 46.6 Å². The maximum atomic E-state index is 12.6. The molecule has 0 bridgehead atoms. The fourth-order valence-electron chi connectivity index (χ4n) is 9.68. The summed E-state index contributed by atoms with van der Waals surface area (Å²) in [5.74, 6) is 3.79. The average molecular weight is 1190 g/mol. The van der Waals surface area contributed by atoms with Crippen LogP contribution in [0.5, 0.6) is 34.5 Å². The van der Waals surface area contributed by atoms with Gasteiger partial charge in [0.15, 0.2) is 0 Å². The molecule has 8 rings (SSSR count). The third-order valence-corrected chi connectivity index (χ3v) is 14.8. The van der Waals surface area contributed by atoms with Gasteiger partial charge in [-0.15, -0.1) is 0 Å². The van der Waals surface area contributed by atoms with Crippen LogP contribution in [0.3, 0.4) is 0 Å². The molecule has 0 unspecified atom stereocenters. The second kappa shape index (κ2) is 26.6. The topological polar surface area (TPSA) is 212 Å². The van der Waals surface area contributed by atoms with E-state index in [1.165, 1.54) is 14.4 Å². The fourth-order valence-corrected chi connectivity index (χ4v) is 9.68. The molecule has 5 heterocycles. The summed E-state index contributed by atoms with van der Waals surface area (Å²) in [6.07, 6.45) is 6.34. The number of carbonyl (C=O) groups excluding carboxylic acids is 2. The Hall–Kier alpha value is -8.15. The van der Waals surface area contributed by atoms with Crippen molar-refractivity contribution < 1.29 is 56.8 Å². The van der Waals surface area contributed by atoms with E-state index in [1.807, 2.05) is 143 Å². The van der Waals surface area contributed by atoms with Crippen molar-refractivity contribution in [1.29, 1.82) is 0 Å². The van der Waals surface area contributed by atoms with Crippen LogP contribution in [-0.2, 0) is 66.6 Å². The first-order valence-electron chi connectivity index (χ1n) is 28.0. The van der Waals surface area contributed by atoms with Crippen molar-refractivity contribution in [3.05, 3.63) is 105 Å². The molecule has 23 heteroatoms. The largest absolute Gasteiger partial charge is 0.496 e. The molecule has 86 heavy (non-hydrogen) atoms. The molecule has 1 saturated heterocycles. The minimum absolute atomic E-state index is 0.0167. The lowest BCUT2D eigenvalue weighted by Gasteiger charge is -2.32. The lowest BCUT2D eigenvalue weighted by Crippen LogP contribution is -2.41. The third-order valence-electron chi connectivity index (χ3n) is 14.8. The lowest BCUT2D eigenvalue weighted by molar-refractivity contribution is 0.00578. The number of benzene rings is 3. The first-order valence-corrected chi connectivity index (χ1v) is 28.0. The average Bonchev–Trinajstić information content (AvgIpc) is 1.68. The highest BCUT2D eigenvalue weighted by Gasteiger charge is 2.52. The maximum Gasteiger partial charge on any atom is 0.495 e. The van der Waals surface area contributed by atoms with E-state index in [0.717, 1.165) is 61.1 Å². The number of carbonyl (C=O) groups is 2. The van der Waals surface area contributed by atoms with Crippen molar-refractivity contribution in [2.24, 2.45) is 28.2 Å². The number of aromatic nitrogens is 5. The van der Waals surface area contributed by atoms with Gasteiger partial charge in [-0.1, -0.05) is 0 Å². The second-order valence-electron chi connectivity index (χ2n) is 24.1. The van der Waals surface area contributed by atoms with Gasteiger partial charge in [-0.25, -0.2) is 9.59 Å². The minimum atomic E-state index is -0.596. The number of fused-ring (bicyclic) bond motifs is 2. The quantitative estimate of drug-likeness (QED) is 0.0949. The number of ether oxygens (including phenoxy) is 8.